The fourth-order valence-corrected chi connectivity index (χ4v) is 3.99. The summed E-state index contributed by atoms with van der Waals surface area (Å²) >= 11 is 12.5. The molecule has 4 aromatic rings. The van der Waals surface area contributed by atoms with Gasteiger partial charge in [0.05, 0.1) is 22.0 Å². The molecular formula is C24H25Cl2N9O2. The fraction of sp³-hybridized carbons (Fsp3) is 0.292. The van der Waals surface area contributed by atoms with Crippen molar-refractivity contribution < 1.29 is 9.59 Å². The second-order valence-corrected chi connectivity index (χ2v) is 10.2. The van der Waals surface area contributed by atoms with E-state index in [0.29, 0.717) is 32.8 Å². The van der Waals surface area contributed by atoms with Crippen molar-refractivity contribution in [3.63, 3.8) is 0 Å². The van der Waals surface area contributed by atoms with E-state index < -0.39 is 11.8 Å². The first-order valence-corrected chi connectivity index (χ1v) is 12.0. The highest BCUT2D eigenvalue weighted by Gasteiger charge is 2.24. The average Bonchev–Trinajstić information content (AvgIpc) is 3.48. The Morgan fingerprint density at radius 3 is 2.49 bits per heavy atom. The lowest BCUT2D eigenvalue weighted by Gasteiger charge is -2.14. The lowest BCUT2D eigenvalue weighted by molar-refractivity contribution is 0.0964. The molecule has 2 amide bonds. The molecular weight excluding hydrogens is 517 g/mol. The summed E-state index contributed by atoms with van der Waals surface area (Å²) in [5, 5.41) is 23.3. The molecule has 0 unspecified atom stereocenters. The molecule has 11 nitrogen and oxygen atoms in total. The molecule has 1 aromatic carbocycles. The molecule has 0 saturated heterocycles. The van der Waals surface area contributed by atoms with Gasteiger partial charge in [0.15, 0.2) is 11.6 Å². The molecule has 4 rings (SSSR count). The quantitative estimate of drug-likeness (QED) is 0.379. The van der Waals surface area contributed by atoms with E-state index in [9.17, 15) is 9.59 Å². The Hall–Kier alpha value is -3.83. The van der Waals surface area contributed by atoms with Gasteiger partial charge in [0.2, 0.25) is 0 Å². The SMILES string of the molecule is CNC(=O)c1cc(Cl)cc(C)c1NC(=O)c1cc(Cn2nnc(C(C)(C)C)n2)nn1-c1ncccc1Cl. The first-order valence-electron chi connectivity index (χ1n) is 11.3. The van der Waals surface area contributed by atoms with Crippen LogP contribution in [0.3, 0.4) is 0 Å². The topological polar surface area (TPSA) is 133 Å². The summed E-state index contributed by atoms with van der Waals surface area (Å²) in [5.74, 6) is -0.0767. The maximum Gasteiger partial charge on any atom is 0.274 e. The van der Waals surface area contributed by atoms with Crippen molar-refractivity contribution in [2.75, 3.05) is 12.4 Å². The lowest BCUT2D eigenvalue weighted by atomic mass is 9.96. The normalized spacial score (nSPS) is 11.4. The number of carbonyl (C=O) groups excluding carboxylic acids is 2. The van der Waals surface area contributed by atoms with Gasteiger partial charge in [-0.15, -0.1) is 10.2 Å². The summed E-state index contributed by atoms with van der Waals surface area (Å²) in [6, 6.07) is 8.06. The molecule has 192 valence electrons. The van der Waals surface area contributed by atoms with Crippen LogP contribution < -0.4 is 10.6 Å². The largest absolute Gasteiger partial charge is 0.355 e. The van der Waals surface area contributed by atoms with Crippen LogP contribution in [0.1, 0.15) is 58.7 Å². The van der Waals surface area contributed by atoms with Gasteiger partial charge in [-0.05, 0) is 48.0 Å². The number of amides is 2. The Bertz CT molecular complexity index is 1490. The highest BCUT2D eigenvalue weighted by Crippen LogP contribution is 2.27. The van der Waals surface area contributed by atoms with Crippen molar-refractivity contribution in [3.05, 3.63) is 74.9 Å². The van der Waals surface area contributed by atoms with Crippen molar-refractivity contribution in [2.24, 2.45) is 0 Å². The number of carbonyl (C=O) groups is 2. The molecule has 0 spiro atoms. The summed E-state index contributed by atoms with van der Waals surface area (Å²) < 4.78 is 1.35. The second kappa shape index (κ2) is 10.3. The zero-order chi connectivity index (χ0) is 26.9. The van der Waals surface area contributed by atoms with Crippen LogP contribution in [0, 0.1) is 6.92 Å². The van der Waals surface area contributed by atoms with E-state index in [1.54, 1.807) is 37.4 Å². The van der Waals surface area contributed by atoms with E-state index in [2.05, 4.69) is 36.1 Å². The van der Waals surface area contributed by atoms with Gasteiger partial charge in [0, 0.05) is 23.7 Å². The monoisotopic (exact) mass is 541 g/mol. The fourth-order valence-electron chi connectivity index (χ4n) is 3.52. The molecule has 0 fully saturated rings. The molecule has 3 heterocycles. The highest BCUT2D eigenvalue weighted by molar-refractivity contribution is 6.32. The van der Waals surface area contributed by atoms with E-state index >= 15 is 0 Å². The molecule has 37 heavy (non-hydrogen) atoms. The number of aromatic nitrogens is 7. The van der Waals surface area contributed by atoms with Crippen LogP contribution >= 0.6 is 23.2 Å². The van der Waals surface area contributed by atoms with Gasteiger partial charge in [-0.3, -0.25) is 9.59 Å². The summed E-state index contributed by atoms with van der Waals surface area (Å²) in [7, 11) is 1.50. The maximum absolute atomic E-state index is 13.6. The van der Waals surface area contributed by atoms with Crippen LogP contribution in [-0.4, -0.2) is 53.8 Å². The summed E-state index contributed by atoms with van der Waals surface area (Å²) in [4.78, 5) is 31.7. The number of rotatable bonds is 6. The minimum atomic E-state index is -0.530. The first kappa shape index (κ1) is 26.2. The minimum Gasteiger partial charge on any atom is -0.355 e. The third-order valence-corrected chi connectivity index (χ3v) is 5.88. The zero-order valence-electron chi connectivity index (χ0n) is 20.9. The van der Waals surface area contributed by atoms with Crippen molar-refractivity contribution >= 4 is 40.7 Å². The van der Waals surface area contributed by atoms with Crippen molar-refractivity contribution in [1.29, 1.82) is 0 Å². The Morgan fingerprint density at radius 1 is 1.08 bits per heavy atom. The number of tetrazole rings is 1. The standard InChI is InChI=1S/C24H25Cl2N9O2/c1-13-9-14(25)10-16(21(36)27-5)19(13)29-22(37)18-11-15(12-34-32-23(30-33-34)24(2,3)4)31-35(18)20-17(26)7-6-8-28-20/h6-11H,12H2,1-5H3,(H,27,36)(H,29,37). The first-order chi connectivity index (χ1) is 17.5. The number of hydrogen-bond donors (Lipinski definition) is 2. The third kappa shape index (κ3) is 5.62. The maximum atomic E-state index is 13.6. The van der Waals surface area contributed by atoms with Crippen LogP contribution in [0.4, 0.5) is 5.69 Å². The van der Waals surface area contributed by atoms with Gasteiger partial charge < -0.3 is 10.6 Å². The van der Waals surface area contributed by atoms with Gasteiger partial charge in [0.1, 0.15) is 12.2 Å². The van der Waals surface area contributed by atoms with Crippen molar-refractivity contribution in [1.82, 2.24) is 40.3 Å². The van der Waals surface area contributed by atoms with Crippen molar-refractivity contribution in [2.45, 2.75) is 39.7 Å². The molecule has 0 aliphatic carbocycles. The Balaban J connectivity index is 1.75. The number of nitrogens with one attached hydrogen (secondary N) is 2. The molecule has 0 bridgehead atoms. The predicted molar refractivity (Wildman–Crippen MR) is 140 cm³/mol. The van der Waals surface area contributed by atoms with Crippen LogP contribution in [0.5, 0.6) is 0 Å². The molecule has 0 atom stereocenters. The van der Waals surface area contributed by atoms with Gasteiger partial charge in [-0.2, -0.15) is 9.90 Å². The zero-order valence-corrected chi connectivity index (χ0v) is 22.4. The Labute approximate surface area is 223 Å². The number of hydrogen-bond acceptors (Lipinski definition) is 7. The van der Waals surface area contributed by atoms with E-state index in [4.69, 9.17) is 23.2 Å². The van der Waals surface area contributed by atoms with E-state index in [1.165, 1.54) is 22.6 Å². The molecule has 0 saturated carbocycles. The molecule has 0 radical (unpaired) electrons. The lowest BCUT2D eigenvalue weighted by Crippen LogP contribution is -2.23. The van der Waals surface area contributed by atoms with Gasteiger partial charge >= 0.3 is 0 Å². The predicted octanol–water partition coefficient (Wildman–Crippen LogP) is 3.83. The Kier molecular flexibility index (Phi) is 7.28. The minimum absolute atomic E-state index is 0.143. The van der Waals surface area contributed by atoms with E-state index in [-0.39, 0.29) is 29.0 Å². The number of nitrogens with zero attached hydrogens (tertiary/aromatic N) is 7. The van der Waals surface area contributed by atoms with Gasteiger partial charge in [-0.1, -0.05) is 44.0 Å². The van der Waals surface area contributed by atoms with E-state index in [0.717, 1.165) is 0 Å². The Morgan fingerprint density at radius 2 is 1.84 bits per heavy atom. The third-order valence-electron chi connectivity index (χ3n) is 5.37. The summed E-state index contributed by atoms with van der Waals surface area (Å²) in [6.45, 7) is 7.86. The summed E-state index contributed by atoms with van der Waals surface area (Å²) in [6.07, 6.45) is 1.55. The average molecular weight is 542 g/mol. The molecule has 13 heteroatoms. The summed E-state index contributed by atoms with van der Waals surface area (Å²) in [5.41, 5.74) is 1.51. The molecule has 2 N–H and O–H groups in total. The van der Waals surface area contributed by atoms with Crippen LogP contribution in [0.25, 0.3) is 5.82 Å². The molecule has 0 aliphatic rings. The number of benzene rings is 1. The van der Waals surface area contributed by atoms with Crippen molar-refractivity contribution in [3.8, 4) is 5.82 Å². The van der Waals surface area contributed by atoms with E-state index in [1.807, 2.05) is 20.8 Å². The number of anilines is 1. The molecule has 0 aliphatic heterocycles. The van der Waals surface area contributed by atoms with Crippen LogP contribution in [-0.2, 0) is 12.0 Å². The van der Waals surface area contributed by atoms with Gasteiger partial charge in [-0.25, -0.2) is 9.67 Å². The smallest absolute Gasteiger partial charge is 0.274 e. The number of halogens is 2. The van der Waals surface area contributed by atoms with Crippen LogP contribution in [0.2, 0.25) is 10.0 Å². The number of pyridine rings is 1. The molecule has 3 aromatic heterocycles. The number of aryl methyl sites for hydroxylation is 1. The van der Waals surface area contributed by atoms with Crippen LogP contribution in [0.15, 0.2) is 36.5 Å². The van der Waals surface area contributed by atoms with Gasteiger partial charge in [0.25, 0.3) is 11.8 Å². The highest BCUT2D eigenvalue weighted by atomic mass is 35.5. The second-order valence-electron chi connectivity index (χ2n) is 9.31.